The molecule has 2 fully saturated rings. The van der Waals surface area contributed by atoms with Crippen LogP contribution >= 0.6 is 0 Å². The van der Waals surface area contributed by atoms with E-state index in [0.717, 1.165) is 25.7 Å². The van der Waals surface area contributed by atoms with Gasteiger partial charge in [-0.2, -0.15) is 0 Å². The van der Waals surface area contributed by atoms with Gasteiger partial charge in [0.05, 0.1) is 19.5 Å². The number of nitrogen functional groups attached to an aromatic ring is 1. The van der Waals surface area contributed by atoms with E-state index < -0.39 is 18.4 Å². The van der Waals surface area contributed by atoms with Gasteiger partial charge >= 0.3 is 6.09 Å². The van der Waals surface area contributed by atoms with Gasteiger partial charge in [0.25, 0.3) is 5.91 Å². The van der Waals surface area contributed by atoms with Crippen LogP contribution in [0.25, 0.3) is 11.2 Å². The van der Waals surface area contributed by atoms with E-state index in [0.29, 0.717) is 36.6 Å². The van der Waals surface area contributed by atoms with Crippen LogP contribution in [-0.2, 0) is 14.3 Å². The number of aliphatic hydroxyl groups excluding tert-OH is 1. The van der Waals surface area contributed by atoms with Gasteiger partial charge in [-0.1, -0.05) is 5.92 Å². The zero-order valence-electron chi connectivity index (χ0n) is 20.8. The lowest BCUT2D eigenvalue weighted by Crippen LogP contribution is -2.44. The Bertz CT molecular complexity index is 1160. The van der Waals surface area contributed by atoms with Crippen LogP contribution in [0.1, 0.15) is 58.0 Å². The van der Waals surface area contributed by atoms with Crippen LogP contribution in [0.3, 0.4) is 0 Å². The Kier molecular flexibility index (Phi) is 7.91. The highest BCUT2D eigenvalue weighted by Gasteiger charge is 2.32. The highest BCUT2D eigenvalue weighted by atomic mass is 16.5. The molecule has 3 heterocycles. The van der Waals surface area contributed by atoms with E-state index in [2.05, 4.69) is 32.1 Å². The van der Waals surface area contributed by atoms with Crippen LogP contribution in [0.15, 0.2) is 6.33 Å². The van der Waals surface area contributed by atoms with E-state index in [-0.39, 0.29) is 29.7 Å². The zero-order valence-corrected chi connectivity index (χ0v) is 20.8. The molecule has 0 spiro atoms. The van der Waals surface area contributed by atoms with Crippen molar-refractivity contribution in [3.8, 4) is 11.8 Å². The monoisotopic (exact) mass is 499 g/mol. The molecule has 1 saturated heterocycles. The number of fused-ring (bicyclic) bond motifs is 1. The van der Waals surface area contributed by atoms with Crippen LogP contribution < -0.4 is 11.1 Å². The molecule has 3 atom stereocenters. The van der Waals surface area contributed by atoms with Crippen molar-refractivity contribution in [3.05, 3.63) is 12.2 Å². The number of hydrogen-bond donors (Lipinski definition) is 3. The molecule has 1 unspecified atom stereocenters. The number of imidazole rings is 1. The summed E-state index contributed by atoms with van der Waals surface area (Å²) in [7, 11) is 1.39. The van der Waals surface area contributed by atoms with Crippen LogP contribution in [-0.4, -0.2) is 80.0 Å². The van der Waals surface area contributed by atoms with Gasteiger partial charge in [-0.15, -0.1) is 0 Å². The number of carbonyl (C=O) groups is 2. The first-order valence-corrected chi connectivity index (χ1v) is 12.2. The number of rotatable bonds is 7. The number of anilines is 1. The van der Waals surface area contributed by atoms with Crippen LogP contribution in [0.4, 0.5) is 10.6 Å². The average molecular weight is 500 g/mol. The number of hydrogen-bond acceptors (Lipinski definition) is 9. The molecule has 2 aromatic heterocycles. The molecule has 194 valence electrons. The number of aliphatic hydroxyl groups is 1. The zero-order chi connectivity index (χ0) is 25.8. The SMILES string of the molecule is COC(=O)N1CCC(CC#Cc2nc(N)c3ncn([C@@H](C)O[C@H](C(=O)NC4CC4)C(C)O)c3n2)CC1. The number of carbonyl (C=O) groups excluding carboxylic acids is 2. The fraction of sp³-hybridized carbons (Fsp3) is 0.625. The van der Waals surface area contributed by atoms with Crippen molar-refractivity contribution in [3.63, 3.8) is 0 Å². The topological polar surface area (TPSA) is 158 Å². The van der Waals surface area contributed by atoms with Gasteiger partial charge in [0, 0.05) is 25.6 Å². The molecule has 4 N–H and O–H groups in total. The van der Waals surface area contributed by atoms with Crippen molar-refractivity contribution in [1.82, 2.24) is 29.7 Å². The quantitative estimate of drug-likeness (QED) is 0.476. The van der Waals surface area contributed by atoms with Gasteiger partial charge in [0.1, 0.15) is 11.7 Å². The number of ether oxygens (including phenoxy) is 2. The lowest BCUT2D eigenvalue weighted by molar-refractivity contribution is -0.150. The normalized spacial score (nSPS) is 18.7. The van der Waals surface area contributed by atoms with Gasteiger partial charge in [-0.3, -0.25) is 9.36 Å². The van der Waals surface area contributed by atoms with Gasteiger partial charge in [0.15, 0.2) is 17.6 Å². The molecule has 1 aliphatic heterocycles. The van der Waals surface area contributed by atoms with Crippen LogP contribution in [0.2, 0.25) is 0 Å². The number of nitrogens with one attached hydrogen (secondary N) is 1. The lowest BCUT2D eigenvalue weighted by Gasteiger charge is -2.29. The maximum Gasteiger partial charge on any atom is 0.409 e. The van der Waals surface area contributed by atoms with Gasteiger partial charge < -0.3 is 30.5 Å². The molecular weight excluding hydrogens is 466 g/mol. The minimum atomic E-state index is -1.04. The third-order valence-electron chi connectivity index (χ3n) is 6.44. The predicted octanol–water partition coefficient (Wildman–Crippen LogP) is 1.19. The van der Waals surface area contributed by atoms with E-state index in [1.54, 1.807) is 16.4 Å². The average Bonchev–Trinajstić information content (AvgIpc) is 3.56. The predicted molar refractivity (Wildman–Crippen MR) is 130 cm³/mol. The highest BCUT2D eigenvalue weighted by molar-refractivity contribution is 5.83. The van der Waals surface area contributed by atoms with Crippen molar-refractivity contribution in [1.29, 1.82) is 0 Å². The molecular formula is C24H33N7O5. The summed E-state index contributed by atoms with van der Waals surface area (Å²) in [5.74, 6) is 6.61. The second kappa shape index (κ2) is 11.1. The van der Waals surface area contributed by atoms with E-state index in [9.17, 15) is 14.7 Å². The Hall–Kier alpha value is -3.43. The summed E-state index contributed by atoms with van der Waals surface area (Å²) < 4.78 is 12.3. The van der Waals surface area contributed by atoms with Crippen molar-refractivity contribution in [2.24, 2.45) is 5.92 Å². The summed E-state index contributed by atoms with van der Waals surface area (Å²) in [4.78, 5) is 38.9. The number of likely N-dealkylation sites (tertiary alicyclic amines) is 1. The maximum atomic E-state index is 12.5. The summed E-state index contributed by atoms with van der Waals surface area (Å²) in [5, 5.41) is 13.0. The second-order valence-electron chi connectivity index (χ2n) is 9.34. The molecule has 12 heteroatoms. The third-order valence-corrected chi connectivity index (χ3v) is 6.44. The number of piperidine rings is 1. The summed E-state index contributed by atoms with van der Waals surface area (Å²) >= 11 is 0. The second-order valence-corrected chi connectivity index (χ2v) is 9.34. The molecule has 4 rings (SSSR count). The minimum Gasteiger partial charge on any atom is -0.453 e. The first kappa shape index (κ1) is 25.7. The number of aromatic nitrogens is 4. The molecule has 0 bridgehead atoms. The van der Waals surface area contributed by atoms with Gasteiger partial charge in [0.2, 0.25) is 5.82 Å². The summed E-state index contributed by atoms with van der Waals surface area (Å²) in [6, 6.07) is 0.154. The fourth-order valence-corrected chi connectivity index (χ4v) is 4.17. The Labute approximate surface area is 209 Å². The number of nitrogens with two attached hydrogens (primary N) is 1. The molecule has 2 aromatic rings. The Morgan fingerprint density at radius 1 is 1.25 bits per heavy atom. The lowest BCUT2D eigenvalue weighted by atomic mass is 9.94. The number of nitrogens with zero attached hydrogens (tertiary/aromatic N) is 5. The first-order valence-electron chi connectivity index (χ1n) is 12.2. The Balaban J connectivity index is 1.44. The number of amides is 2. The standard InChI is InChI=1S/C24H33N7O5/c1-14(32)20(23(33)27-17-7-8-17)36-15(2)31-13-26-19-21(25)28-18(29-22(19)31)6-4-5-16-9-11-30(12-10-16)24(34)35-3/h13-17,20,32H,5,7-12H2,1-3H3,(H,27,33)(H2,25,28,29)/t14?,15-,20+/m1/s1. The van der Waals surface area contributed by atoms with Crippen molar-refractivity contribution < 1.29 is 24.2 Å². The maximum absolute atomic E-state index is 12.5. The van der Waals surface area contributed by atoms with Crippen LogP contribution in [0.5, 0.6) is 0 Å². The summed E-state index contributed by atoms with van der Waals surface area (Å²) in [6.07, 6.45) is 2.76. The van der Waals surface area contributed by atoms with E-state index in [1.165, 1.54) is 20.4 Å². The minimum absolute atomic E-state index is 0.154. The third kappa shape index (κ3) is 6.03. The molecule has 1 saturated carbocycles. The molecule has 12 nitrogen and oxygen atoms in total. The molecule has 36 heavy (non-hydrogen) atoms. The molecule has 0 aromatic carbocycles. The Morgan fingerprint density at radius 2 is 1.97 bits per heavy atom. The molecule has 1 aliphatic carbocycles. The van der Waals surface area contributed by atoms with Crippen molar-refractivity contribution in [2.75, 3.05) is 25.9 Å². The van der Waals surface area contributed by atoms with Gasteiger partial charge in [-0.25, -0.2) is 19.7 Å². The van der Waals surface area contributed by atoms with Gasteiger partial charge in [-0.05, 0) is 51.4 Å². The summed E-state index contributed by atoms with van der Waals surface area (Å²) in [6.45, 7) is 4.56. The van der Waals surface area contributed by atoms with E-state index in [4.69, 9.17) is 15.2 Å². The summed E-state index contributed by atoms with van der Waals surface area (Å²) in [5.41, 5.74) is 6.95. The molecule has 2 amide bonds. The highest BCUT2D eigenvalue weighted by Crippen LogP contribution is 2.24. The van der Waals surface area contributed by atoms with Crippen molar-refractivity contribution in [2.45, 2.75) is 70.4 Å². The van der Waals surface area contributed by atoms with E-state index in [1.807, 2.05) is 0 Å². The fourth-order valence-electron chi connectivity index (χ4n) is 4.17. The molecule has 2 aliphatic rings. The largest absolute Gasteiger partial charge is 0.453 e. The molecule has 0 radical (unpaired) electrons. The number of methoxy groups -OCH3 is 1. The first-order chi connectivity index (χ1) is 17.3. The smallest absolute Gasteiger partial charge is 0.409 e. The van der Waals surface area contributed by atoms with Crippen LogP contribution in [0, 0.1) is 17.8 Å². The van der Waals surface area contributed by atoms with Crippen molar-refractivity contribution >= 4 is 29.0 Å². The Morgan fingerprint density at radius 3 is 2.61 bits per heavy atom. The van der Waals surface area contributed by atoms with E-state index >= 15 is 0 Å².